The molecule has 15 heavy (non-hydrogen) atoms. The van der Waals surface area contributed by atoms with Gasteiger partial charge in [-0.15, -0.1) is 11.8 Å². The Morgan fingerprint density at radius 2 is 1.93 bits per heavy atom. The molecule has 1 atom stereocenters. The van der Waals surface area contributed by atoms with Crippen LogP contribution in [0.15, 0.2) is 23.1 Å². The quantitative estimate of drug-likeness (QED) is 0.791. The van der Waals surface area contributed by atoms with Crippen LogP contribution in [0.2, 0.25) is 0 Å². The van der Waals surface area contributed by atoms with Crippen molar-refractivity contribution in [1.29, 1.82) is 0 Å². The van der Waals surface area contributed by atoms with E-state index in [0.29, 0.717) is 11.2 Å². The maximum atomic E-state index is 9.28. The summed E-state index contributed by atoms with van der Waals surface area (Å²) < 4.78 is 0. The van der Waals surface area contributed by atoms with Gasteiger partial charge in [0.25, 0.3) is 0 Å². The van der Waals surface area contributed by atoms with Crippen LogP contribution in [0.5, 0.6) is 0 Å². The van der Waals surface area contributed by atoms with E-state index in [1.807, 2.05) is 0 Å². The average molecular weight is 224 g/mol. The third-order valence-electron chi connectivity index (χ3n) is 2.53. The van der Waals surface area contributed by atoms with Crippen molar-refractivity contribution in [2.75, 3.05) is 6.61 Å². The van der Waals surface area contributed by atoms with E-state index in [1.165, 1.54) is 16.0 Å². The Morgan fingerprint density at radius 1 is 1.27 bits per heavy atom. The summed E-state index contributed by atoms with van der Waals surface area (Å²) in [5.74, 6) is 0.501. The van der Waals surface area contributed by atoms with Crippen LogP contribution >= 0.6 is 11.8 Å². The van der Waals surface area contributed by atoms with Crippen LogP contribution < -0.4 is 0 Å². The van der Waals surface area contributed by atoms with Crippen molar-refractivity contribution in [1.82, 2.24) is 0 Å². The predicted molar refractivity (Wildman–Crippen MR) is 67.5 cm³/mol. The second kappa shape index (κ2) is 5.57. The molecule has 0 heterocycles. The number of hydrogen-bond acceptors (Lipinski definition) is 2. The first kappa shape index (κ1) is 12.6. The van der Waals surface area contributed by atoms with Gasteiger partial charge in [-0.3, -0.25) is 0 Å². The number of aryl methyl sites for hydroxylation is 2. The molecule has 0 radical (unpaired) electrons. The molecule has 1 nitrogen and oxygen atoms in total. The fourth-order valence-electron chi connectivity index (χ4n) is 1.48. The number of thioether (sulfide) groups is 1. The van der Waals surface area contributed by atoms with E-state index in [-0.39, 0.29) is 6.61 Å². The number of aliphatic hydroxyl groups is 1. The second-order valence-corrected chi connectivity index (χ2v) is 5.63. The number of aliphatic hydroxyl groups excluding tert-OH is 1. The van der Waals surface area contributed by atoms with Crippen molar-refractivity contribution >= 4 is 11.8 Å². The van der Waals surface area contributed by atoms with Gasteiger partial charge in [-0.1, -0.05) is 31.5 Å². The summed E-state index contributed by atoms with van der Waals surface area (Å²) in [6, 6.07) is 6.47. The van der Waals surface area contributed by atoms with E-state index >= 15 is 0 Å². The van der Waals surface area contributed by atoms with Gasteiger partial charge in [0.1, 0.15) is 0 Å². The van der Waals surface area contributed by atoms with Crippen LogP contribution in [-0.4, -0.2) is 17.0 Å². The molecule has 0 bridgehead atoms. The standard InChI is InChI=1S/C13H20OS/c1-9(2)13(8-14)15-12-6-5-10(3)7-11(12)4/h5-7,9,13-14H,8H2,1-4H3. The van der Waals surface area contributed by atoms with Crippen molar-refractivity contribution in [3.05, 3.63) is 29.3 Å². The predicted octanol–water partition coefficient (Wildman–Crippen LogP) is 3.41. The van der Waals surface area contributed by atoms with Crippen molar-refractivity contribution in [3.63, 3.8) is 0 Å². The lowest BCUT2D eigenvalue weighted by Crippen LogP contribution is -2.15. The molecule has 0 amide bonds. The van der Waals surface area contributed by atoms with Gasteiger partial charge in [0.05, 0.1) is 6.61 Å². The lowest BCUT2D eigenvalue weighted by atomic mass is 10.1. The lowest BCUT2D eigenvalue weighted by molar-refractivity contribution is 0.275. The molecule has 1 N–H and O–H groups in total. The Balaban J connectivity index is 2.79. The summed E-state index contributed by atoms with van der Waals surface area (Å²) >= 11 is 1.78. The summed E-state index contributed by atoms with van der Waals surface area (Å²) in [5.41, 5.74) is 2.60. The molecule has 0 saturated heterocycles. The van der Waals surface area contributed by atoms with Gasteiger partial charge in [0.2, 0.25) is 0 Å². The molecular weight excluding hydrogens is 204 g/mol. The lowest BCUT2D eigenvalue weighted by Gasteiger charge is -2.18. The Bertz CT molecular complexity index is 320. The van der Waals surface area contributed by atoms with Crippen LogP contribution in [0.4, 0.5) is 0 Å². The summed E-state index contributed by atoms with van der Waals surface area (Å²) in [7, 11) is 0. The molecule has 1 rings (SSSR count). The minimum absolute atomic E-state index is 0.246. The highest BCUT2D eigenvalue weighted by Crippen LogP contribution is 2.30. The molecule has 2 heteroatoms. The summed E-state index contributed by atoms with van der Waals surface area (Å²) in [6.07, 6.45) is 0. The Morgan fingerprint density at radius 3 is 2.40 bits per heavy atom. The molecule has 84 valence electrons. The maximum Gasteiger partial charge on any atom is 0.0556 e. The monoisotopic (exact) mass is 224 g/mol. The van der Waals surface area contributed by atoms with E-state index in [9.17, 15) is 5.11 Å². The molecule has 1 unspecified atom stereocenters. The fourth-order valence-corrected chi connectivity index (χ4v) is 2.54. The molecule has 0 spiro atoms. The van der Waals surface area contributed by atoms with E-state index < -0.39 is 0 Å². The molecule has 1 aromatic carbocycles. The maximum absolute atomic E-state index is 9.28. The van der Waals surface area contributed by atoms with E-state index in [1.54, 1.807) is 11.8 Å². The van der Waals surface area contributed by atoms with Crippen LogP contribution in [0.3, 0.4) is 0 Å². The van der Waals surface area contributed by atoms with Crippen LogP contribution in [-0.2, 0) is 0 Å². The average Bonchev–Trinajstić information content (AvgIpc) is 2.16. The summed E-state index contributed by atoms with van der Waals surface area (Å²) in [6.45, 7) is 8.78. The first-order valence-corrected chi connectivity index (χ1v) is 6.27. The molecule has 0 aliphatic heterocycles. The Labute approximate surface area is 96.9 Å². The molecule has 0 aliphatic carbocycles. The van der Waals surface area contributed by atoms with Gasteiger partial charge < -0.3 is 5.11 Å². The minimum atomic E-state index is 0.246. The summed E-state index contributed by atoms with van der Waals surface area (Å²) in [5, 5.41) is 9.58. The fraction of sp³-hybridized carbons (Fsp3) is 0.538. The molecule has 0 saturated carbocycles. The van der Waals surface area contributed by atoms with Crippen LogP contribution in [0.1, 0.15) is 25.0 Å². The van der Waals surface area contributed by atoms with Crippen molar-refractivity contribution in [3.8, 4) is 0 Å². The normalized spacial score (nSPS) is 13.2. The molecule has 0 fully saturated rings. The first-order chi connectivity index (χ1) is 7.04. The number of benzene rings is 1. The second-order valence-electron chi connectivity index (χ2n) is 4.35. The van der Waals surface area contributed by atoms with Crippen molar-refractivity contribution in [2.45, 2.75) is 37.8 Å². The number of hydrogen-bond donors (Lipinski definition) is 1. The third kappa shape index (κ3) is 3.54. The zero-order valence-corrected chi connectivity index (χ0v) is 10.8. The Hall–Kier alpha value is -0.470. The Kier molecular flexibility index (Phi) is 4.68. The van der Waals surface area contributed by atoms with Gasteiger partial charge in [0, 0.05) is 10.1 Å². The van der Waals surface area contributed by atoms with Gasteiger partial charge in [0.15, 0.2) is 0 Å². The van der Waals surface area contributed by atoms with E-state index in [0.717, 1.165) is 0 Å². The highest BCUT2D eigenvalue weighted by Gasteiger charge is 2.14. The zero-order valence-electron chi connectivity index (χ0n) is 9.95. The smallest absolute Gasteiger partial charge is 0.0556 e. The van der Waals surface area contributed by atoms with Crippen molar-refractivity contribution < 1.29 is 5.11 Å². The molecule has 0 aromatic heterocycles. The largest absolute Gasteiger partial charge is 0.395 e. The minimum Gasteiger partial charge on any atom is -0.395 e. The van der Waals surface area contributed by atoms with E-state index in [2.05, 4.69) is 45.9 Å². The zero-order chi connectivity index (χ0) is 11.4. The van der Waals surface area contributed by atoms with Crippen LogP contribution in [0, 0.1) is 19.8 Å². The highest BCUT2D eigenvalue weighted by molar-refractivity contribution is 8.00. The first-order valence-electron chi connectivity index (χ1n) is 5.39. The topological polar surface area (TPSA) is 20.2 Å². The molecular formula is C13H20OS. The SMILES string of the molecule is Cc1ccc(SC(CO)C(C)C)c(C)c1. The molecule has 1 aromatic rings. The van der Waals surface area contributed by atoms with Gasteiger partial charge >= 0.3 is 0 Å². The number of rotatable bonds is 4. The summed E-state index contributed by atoms with van der Waals surface area (Å²) in [4.78, 5) is 1.29. The van der Waals surface area contributed by atoms with Crippen molar-refractivity contribution in [2.24, 2.45) is 5.92 Å². The molecule has 0 aliphatic rings. The van der Waals surface area contributed by atoms with Crippen LogP contribution in [0.25, 0.3) is 0 Å². The highest BCUT2D eigenvalue weighted by atomic mass is 32.2. The van der Waals surface area contributed by atoms with E-state index in [4.69, 9.17) is 0 Å². The van der Waals surface area contributed by atoms with Gasteiger partial charge in [-0.25, -0.2) is 0 Å². The van der Waals surface area contributed by atoms with Gasteiger partial charge in [-0.05, 0) is 31.4 Å². The third-order valence-corrected chi connectivity index (χ3v) is 4.24. The van der Waals surface area contributed by atoms with Gasteiger partial charge in [-0.2, -0.15) is 0 Å².